The monoisotopic (exact) mass is 293 g/mol. The van der Waals surface area contributed by atoms with E-state index in [0.717, 1.165) is 24.0 Å². The van der Waals surface area contributed by atoms with Gasteiger partial charge in [-0.05, 0) is 30.5 Å². The molecule has 1 aromatic heterocycles. The van der Waals surface area contributed by atoms with Crippen LogP contribution in [0.15, 0.2) is 35.4 Å². The Labute approximate surface area is 119 Å². The van der Waals surface area contributed by atoms with Crippen molar-refractivity contribution in [1.82, 2.24) is 10.2 Å². The molecule has 6 heteroatoms. The summed E-state index contributed by atoms with van der Waals surface area (Å²) in [4.78, 5) is 0.258. The first-order valence-electron chi connectivity index (χ1n) is 6.70. The minimum atomic E-state index is -3.57. The maximum absolute atomic E-state index is 12.3. The standard InChI is InChI=1S/C14H19N3O2S/c1-3-5-11-6-8-13(9-7-11)20(18,19)17-14-12(4-2)10-15-16-14/h6-10H,3-5H2,1-2H3,(H2,15,16,17). The molecule has 0 aliphatic heterocycles. The van der Waals surface area contributed by atoms with Gasteiger partial charge in [0.2, 0.25) is 0 Å². The van der Waals surface area contributed by atoms with E-state index in [1.165, 1.54) is 0 Å². The molecular formula is C14H19N3O2S. The number of anilines is 1. The van der Waals surface area contributed by atoms with Crippen LogP contribution in [0.4, 0.5) is 5.82 Å². The summed E-state index contributed by atoms with van der Waals surface area (Å²) in [7, 11) is -3.57. The number of hydrogen-bond donors (Lipinski definition) is 2. The SMILES string of the molecule is CCCc1ccc(S(=O)(=O)Nc2[nH]ncc2CC)cc1. The Kier molecular flexibility index (Phi) is 4.44. The molecule has 0 fully saturated rings. The highest BCUT2D eigenvalue weighted by molar-refractivity contribution is 7.92. The molecule has 0 radical (unpaired) electrons. The van der Waals surface area contributed by atoms with Gasteiger partial charge in [0.1, 0.15) is 5.82 Å². The first-order chi connectivity index (χ1) is 9.56. The van der Waals surface area contributed by atoms with Gasteiger partial charge >= 0.3 is 0 Å². The van der Waals surface area contributed by atoms with Crippen molar-refractivity contribution >= 4 is 15.8 Å². The number of aromatic nitrogens is 2. The third-order valence-electron chi connectivity index (χ3n) is 3.11. The highest BCUT2D eigenvalue weighted by atomic mass is 32.2. The van der Waals surface area contributed by atoms with Gasteiger partial charge in [-0.3, -0.25) is 9.82 Å². The van der Waals surface area contributed by atoms with Crippen molar-refractivity contribution in [3.05, 3.63) is 41.6 Å². The van der Waals surface area contributed by atoms with Crippen LogP contribution in [0, 0.1) is 0 Å². The lowest BCUT2D eigenvalue weighted by Gasteiger charge is -2.08. The quantitative estimate of drug-likeness (QED) is 0.860. The van der Waals surface area contributed by atoms with Crippen LogP contribution < -0.4 is 4.72 Å². The van der Waals surface area contributed by atoms with Crippen molar-refractivity contribution in [3.8, 4) is 0 Å². The average Bonchev–Trinajstić information content (AvgIpc) is 2.86. The number of sulfonamides is 1. The summed E-state index contributed by atoms with van der Waals surface area (Å²) < 4.78 is 27.1. The lowest BCUT2D eigenvalue weighted by molar-refractivity contribution is 0.601. The molecule has 0 atom stereocenters. The van der Waals surface area contributed by atoms with Gasteiger partial charge in [0.15, 0.2) is 0 Å². The topological polar surface area (TPSA) is 74.8 Å². The predicted octanol–water partition coefficient (Wildman–Crippen LogP) is 2.73. The van der Waals surface area contributed by atoms with Crippen molar-refractivity contribution in [2.24, 2.45) is 0 Å². The van der Waals surface area contributed by atoms with Gasteiger partial charge in [-0.1, -0.05) is 32.4 Å². The largest absolute Gasteiger partial charge is 0.264 e. The first kappa shape index (κ1) is 14.6. The van der Waals surface area contributed by atoms with E-state index in [1.807, 2.05) is 19.1 Å². The van der Waals surface area contributed by atoms with Crippen LogP contribution in [0.5, 0.6) is 0 Å². The van der Waals surface area contributed by atoms with Gasteiger partial charge in [-0.2, -0.15) is 5.10 Å². The van der Waals surface area contributed by atoms with Crippen LogP contribution in [-0.4, -0.2) is 18.6 Å². The Morgan fingerprint density at radius 1 is 1.20 bits per heavy atom. The summed E-state index contributed by atoms with van der Waals surface area (Å²) in [6.07, 6.45) is 4.33. The first-order valence-corrected chi connectivity index (χ1v) is 8.19. The Bertz CT molecular complexity index is 660. The zero-order chi connectivity index (χ0) is 14.6. The van der Waals surface area contributed by atoms with Crippen molar-refractivity contribution in [3.63, 3.8) is 0 Å². The summed E-state index contributed by atoms with van der Waals surface area (Å²) in [5, 5.41) is 6.53. The fourth-order valence-corrected chi connectivity index (χ4v) is 3.04. The number of aryl methyl sites for hydroxylation is 2. The molecule has 2 aromatic rings. The summed E-state index contributed by atoms with van der Waals surface area (Å²) in [6.45, 7) is 4.04. The maximum atomic E-state index is 12.3. The molecule has 0 saturated carbocycles. The van der Waals surface area contributed by atoms with E-state index in [9.17, 15) is 8.42 Å². The predicted molar refractivity (Wildman–Crippen MR) is 79.2 cm³/mol. The molecule has 108 valence electrons. The molecule has 0 bridgehead atoms. The second-order valence-corrected chi connectivity index (χ2v) is 6.31. The molecule has 1 heterocycles. The number of nitrogens with zero attached hydrogens (tertiary/aromatic N) is 1. The summed E-state index contributed by atoms with van der Waals surface area (Å²) in [6, 6.07) is 6.97. The Balaban J connectivity index is 2.22. The number of H-pyrrole nitrogens is 1. The highest BCUT2D eigenvalue weighted by Crippen LogP contribution is 2.18. The Morgan fingerprint density at radius 2 is 1.90 bits per heavy atom. The number of hydrogen-bond acceptors (Lipinski definition) is 3. The molecule has 20 heavy (non-hydrogen) atoms. The van der Waals surface area contributed by atoms with E-state index in [4.69, 9.17) is 0 Å². The van der Waals surface area contributed by atoms with E-state index >= 15 is 0 Å². The smallest absolute Gasteiger partial charge is 0.263 e. The van der Waals surface area contributed by atoms with Crippen molar-refractivity contribution in [1.29, 1.82) is 0 Å². The molecular weight excluding hydrogens is 274 g/mol. The van der Waals surface area contributed by atoms with Crippen LogP contribution in [0.25, 0.3) is 0 Å². The van der Waals surface area contributed by atoms with E-state index in [1.54, 1.807) is 18.3 Å². The minimum absolute atomic E-state index is 0.258. The zero-order valence-corrected chi connectivity index (χ0v) is 12.5. The minimum Gasteiger partial charge on any atom is -0.264 e. The number of benzene rings is 1. The lowest BCUT2D eigenvalue weighted by Crippen LogP contribution is -2.14. The van der Waals surface area contributed by atoms with Crippen LogP contribution in [0.1, 0.15) is 31.4 Å². The molecule has 0 amide bonds. The fraction of sp³-hybridized carbons (Fsp3) is 0.357. The Hall–Kier alpha value is -1.82. The van der Waals surface area contributed by atoms with Crippen LogP contribution in [0.2, 0.25) is 0 Å². The van der Waals surface area contributed by atoms with Crippen LogP contribution in [-0.2, 0) is 22.9 Å². The molecule has 2 rings (SSSR count). The van der Waals surface area contributed by atoms with Crippen molar-refractivity contribution in [2.75, 3.05) is 4.72 Å². The second-order valence-electron chi connectivity index (χ2n) is 4.62. The van der Waals surface area contributed by atoms with E-state index in [-0.39, 0.29) is 4.90 Å². The fourth-order valence-electron chi connectivity index (χ4n) is 1.98. The molecule has 0 saturated heterocycles. The van der Waals surface area contributed by atoms with Gasteiger partial charge in [0.25, 0.3) is 10.0 Å². The number of nitrogens with one attached hydrogen (secondary N) is 2. The number of rotatable bonds is 6. The van der Waals surface area contributed by atoms with Crippen molar-refractivity contribution in [2.45, 2.75) is 38.0 Å². The molecule has 0 aliphatic rings. The molecule has 2 N–H and O–H groups in total. The lowest BCUT2D eigenvalue weighted by atomic mass is 10.1. The number of aromatic amines is 1. The third-order valence-corrected chi connectivity index (χ3v) is 4.47. The van der Waals surface area contributed by atoms with E-state index < -0.39 is 10.0 Å². The van der Waals surface area contributed by atoms with Gasteiger partial charge in [-0.15, -0.1) is 0 Å². The van der Waals surface area contributed by atoms with Crippen molar-refractivity contribution < 1.29 is 8.42 Å². The molecule has 0 aliphatic carbocycles. The summed E-state index contributed by atoms with van der Waals surface area (Å²) >= 11 is 0. The molecule has 5 nitrogen and oxygen atoms in total. The van der Waals surface area contributed by atoms with Crippen LogP contribution in [0.3, 0.4) is 0 Å². The van der Waals surface area contributed by atoms with Crippen LogP contribution >= 0.6 is 0 Å². The second kappa shape index (κ2) is 6.09. The Morgan fingerprint density at radius 3 is 2.50 bits per heavy atom. The van der Waals surface area contributed by atoms with E-state index in [2.05, 4.69) is 21.8 Å². The van der Waals surface area contributed by atoms with Gasteiger partial charge in [0, 0.05) is 5.56 Å². The zero-order valence-electron chi connectivity index (χ0n) is 11.7. The molecule has 1 aromatic carbocycles. The average molecular weight is 293 g/mol. The third kappa shape index (κ3) is 3.19. The molecule has 0 unspecified atom stereocenters. The summed E-state index contributed by atoms with van der Waals surface area (Å²) in [5.74, 6) is 0.435. The van der Waals surface area contributed by atoms with Gasteiger partial charge < -0.3 is 0 Å². The van der Waals surface area contributed by atoms with Gasteiger partial charge in [0.05, 0.1) is 11.1 Å². The van der Waals surface area contributed by atoms with Gasteiger partial charge in [-0.25, -0.2) is 8.42 Å². The molecule has 0 spiro atoms. The maximum Gasteiger partial charge on any atom is 0.263 e. The normalized spacial score (nSPS) is 11.5. The highest BCUT2D eigenvalue weighted by Gasteiger charge is 2.16. The van der Waals surface area contributed by atoms with E-state index in [0.29, 0.717) is 12.2 Å². The summed E-state index contributed by atoms with van der Waals surface area (Å²) in [5.41, 5.74) is 1.98.